The number of nitrogens with zero attached hydrogens (tertiary/aromatic N) is 4. The molecule has 3 aromatic heterocycles. The Bertz CT molecular complexity index is 2410. The van der Waals surface area contributed by atoms with Crippen LogP contribution in [-0.4, -0.2) is 19.3 Å². The van der Waals surface area contributed by atoms with Crippen LogP contribution in [0.15, 0.2) is 150 Å². The highest BCUT2D eigenvalue weighted by Crippen LogP contribution is 2.37. The Balaban J connectivity index is 1.22. The van der Waals surface area contributed by atoms with Crippen molar-refractivity contribution in [3.05, 3.63) is 146 Å². The van der Waals surface area contributed by atoms with Crippen LogP contribution in [0.1, 0.15) is 0 Å². The number of rotatable bonds is 4. The van der Waals surface area contributed by atoms with Crippen LogP contribution in [-0.2, 0) is 0 Å². The Hall–Kier alpha value is -5.94. The van der Waals surface area contributed by atoms with Gasteiger partial charge in [-0.2, -0.15) is 4.98 Å². The third kappa shape index (κ3) is 3.65. The van der Waals surface area contributed by atoms with Gasteiger partial charge in [0.25, 0.3) is 5.89 Å². The average Bonchev–Trinajstić information content (AvgIpc) is 3.78. The summed E-state index contributed by atoms with van der Waals surface area (Å²) in [7, 11) is 0. The molecule has 5 nitrogen and oxygen atoms in total. The molecular formula is C38H24N4O. The molecule has 0 unspecified atom stereocenters. The SMILES string of the molecule is c1ccc(-c2nc(-c3cccc(-n4c5ccccc5c5cc(-n6c7ccccc7c7ccccc76)ccc54)c3)no2)cc1. The van der Waals surface area contributed by atoms with Gasteiger partial charge in [0.2, 0.25) is 5.82 Å². The van der Waals surface area contributed by atoms with Crippen LogP contribution in [0, 0.1) is 0 Å². The fourth-order valence-corrected chi connectivity index (χ4v) is 6.40. The first kappa shape index (κ1) is 23.7. The summed E-state index contributed by atoms with van der Waals surface area (Å²) in [4.78, 5) is 4.70. The van der Waals surface area contributed by atoms with E-state index in [4.69, 9.17) is 9.51 Å². The van der Waals surface area contributed by atoms with Gasteiger partial charge >= 0.3 is 0 Å². The van der Waals surface area contributed by atoms with E-state index < -0.39 is 0 Å². The second-order valence-electron chi connectivity index (χ2n) is 10.8. The monoisotopic (exact) mass is 552 g/mol. The smallest absolute Gasteiger partial charge is 0.258 e. The second-order valence-corrected chi connectivity index (χ2v) is 10.8. The molecule has 0 aliphatic rings. The van der Waals surface area contributed by atoms with Crippen molar-refractivity contribution >= 4 is 43.6 Å². The largest absolute Gasteiger partial charge is 0.334 e. The van der Waals surface area contributed by atoms with Gasteiger partial charge < -0.3 is 13.7 Å². The van der Waals surface area contributed by atoms with Crippen molar-refractivity contribution in [1.29, 1.82) is 0 Å². The van der Waals surface area contributed by atoms with Crippen molar-refractivity contribution in [3.63, 3.8) is 0 Å². The van der Waals surface area contributed by atoms with E-state index in [0.29, 0.717) is 11.7 Å². The zero-order valence-electron chi connectivity index (χ0n) is 23.1. The highest BCUT2D eigenvalue weighted by atomic mass is 16.5. The average molecular weight is 553 g/mol. The molecule has 0 saturated heterocycles. The first-order valence-corrected chi connectivity index (χ1v) is 14.4. The third-order valence-corrected chi connectivity index (χ3v) is 8.30. The third-order valence-electron chi connectivity index (χ3n) is 8.30. The van der Waals surface area contributed by atoms with E-state index in [9.17, 15) is 0 Å². The Morgan fingerprint density at radius 2 is 0.953 bits per heavy atom. The number of aromatic nitrogens is 4. The summed E-state index contributed by atoms with van der Waals surface area (Å²) in [6.07, 6.45) is 0. The molecule has 202 valence electrons. The molecule has 0 atom stereocenters. The van der Waals surface area contributed by atoms with Gasteiger partial charge in [-0.15, -0.1) is 0 Å². The van der Waals surface area contributed by atoms with Gasteiger partial charge in [-0.05, 0) is 60.7 Å². The van der Waals surface area contributed by atoms with E-state index in [1.807, 2.05) is 36.4 Å². The van der Waals surface area contributed by atoms with Crippen LogP contribution in [0.25, 0.3) is 77.8 Å². The minimum atomic E-state index is 0.510. The minimum Gasteiger partial charge on any atom is -0.334 e. The van der Waals surface area contributed by atoms with Crippen molar-refractivity contribution in [1.82, 2.24) is 19.3 Å². The molecule has 43 heavy (non-hydrogen) atoms. The van der Waals surface area contributed by atoms with Crippen molar-refractivity contribution in [2.24, 2.45) is 0 Å². The van der Waals surface area contributed by atoms with Crippen LogP contribution in [0.4, 0.5) is 0 Å². The quantitative estimate of drug-likeness (QED) is 0.218. The topological polar surface area (TPSA) is 48.8 Å². The number of hydrogen-bond donors (Lipinski definition) is 0. The van der Waals surface area contributed by atoms with E-state index in [2.05, 4.69) is 123 Å². The lowest BCUT2D eigenvalue weighted by Gasteiger charge is -2.11. The summed E-state index contributed by atoms with van der Waals surface area (Å²) in [6, 6.07) is 50.9. The minimum absolute atomic E-state index is 0.510. The molecule has 5 heteroatoms. The molecule has 0 N–H and O–H groups in total. The molecule has 0 aliphatic heterocycles. The van der Waals surface area contributed by atoms with Crippen LogP contribution in [0.5, 0.6) is 0 Å². The van der Waals surface area contributed by atoms with Gasteiger partial charge in [0.05, 0.1) is 22.1 Å². The van der Waals surface area contributed by atoms with Gasteiger partial charge in [-0.3, -0.25) is 0 Å². The molecule has 0 fully saturated rings. The van der Waals surface area contributed by atoms with Gasteiger partial charge in [0.15, 0.2) is 0 Å². The van der Waals surface area contributed by atoms with Crippen molar-refractivity contribution in [2.75, 3.05) is 0 Å². The Kier molecular flexibility index (Phi) is 5.13. The predicted molar refractivity (Wildman–Crippen MR) is 174 cm³/mol. The second kappa shape index (κ2) is 9.29. The Labute approximate surface area is 246 Å². The summed E-state index contributed by atoms with van der Waals surface area (Å²) < 4.78 is 10.3. The highest BCUT2D eigenvalue weighted by Gasteiger charge is 2.17. The number of fused-ring (bicyclic) bond motifs is 6. The van der Waals surface area contributed by atoms with Crippen LogP contribution in [0.3, 0.4) is 0 Å². The molecule has 9 rings (SSSR count). The lowest BCUT2D eigenvalue weighted by Crippen LogP contribution is -1.96. The van der Waals surface area contributed by atoms with E-state index in [-0.39, 0.29) is 0 Å². The van der Waals surface area contributed by atoms with Crippen LogP contribution >= 0.6 is 0 Å². The van der Waals surface area contributed by atoms with E-state index in [1.54, 1.807) is 0 Å². The lowest BCUT2D eigenvalue weighted by atomic mass is 10.1. The molecule has 0 saturated carbocycles. The number of benzene rings is 6. The molecule has 9 aromatic rings. The molecule has 3 heterocycles. The zero-order valence-corrected chi connectivity index (χ0v) is 23.1. The molecule has 0 aliphatic carbocycles. The van der Waals surface area contributed by atoms with Crippen molar-refractivity contribution < 1.29 is 4.52 Å². The molecular weight excluding hydrogens is 528 g/mol. The maximum Gasteiger partial charge on any atom is 0.258 e. The van der Waals surface area contributed by atoms with Gasteiger partial charge in [-0.25, -0.2) is 0 Å². The Morgan fingerprint density at radius 1 is 0.419 bits per heavy atom. The lowest BCUT2D eigenvalue weighted by molar-refractivity contribution is 0.432. The summed E-state index contributed by atoms with van der Waals surface area (Å²) in [6.45, 7) is 0. The van der Waals surface area contributed by atoms with Crippen LogP contribution < -0.4 is 0 Å². The van der Waals surface area contributed by atoms with Crippen LogP contribution in [0.2, 0.25) is 0 Å². The van der Waals surface area contributed by atoms with Gasteiger partial charge in [0.1, 0.15) is 0 Å². The Morgan fingerprint density at radius 3 is 1.63 bits per heavy atom. The maximum absolute atomic E-state index is 5.62. The fraction of sp³-hybridized carbons (Fsp3) is 0. The van der Waals surface area contributed by atoms with E-state index >= 15 is 0 Å². The first-order chi connectivity index (χ1) is 21.3. The van der Waals surface area contributed by atoms with Gasteiger partial charge in [0, 0.05) is 44.0 Å². The molecule has 0 radical (unpaired) electrons. The molecule has 0 amide bonds. The standard InChI is InChI=1S/C38H24N4O/c1-2-11-25(12-3-1)38-39-37(40-43-38)26-13-10-14-27(23-26)41-35-20-9-6-17-31(35)32-24-28(21-22-36(32)41)42-33-18-7-4-15-29(33)30-16-5-8-19-34(30)42/h1-24H. The normalized spacial score (nSPS) is 11.7. The van der Waals surface area contributed by atoms with Crippen molar-refractivity contribution in [2.45, 2.75) is 0 Å². The summed E-state index contributed by atoms with van der Waals surface area (Å²) in [5.41, 5.74) is 8.67. The van der Waals surface area contributed by atoms with Crippen molar-refractivity contribution in [3.8, 4) is 34.2 Å². The van der Waals surface area contributed by atoms with Gasteiger partial charge in [-0.1, -0.05) is 90.1 Å². The highest BCUT2D eigenvalue weighted by molar-refractivity contribution is 6.12. The molecule has 0 spiro atoms. The zero-order chi connectivity index (χ0) is 28.3. The number of hydrogen-bond acceptors (Lipinski definition) is 3. The van der Waals surface area contributed by atoms with E-state index in [1.165, 1.54) is 32.6 Å². The van der Waals surface area contributed by atoms with E-state index in [0.717, 1.165) is 33.5 Å². The summed E-state index contributed by atoms with van der Waals surface area (Å²) in [5.74, 6) is 1.07. The maximum atomic E-state index is 5.62. The fourth-order valence-electron chi connectivity index (χ4n) is 6.40. The number of para-hydroxylation sites is 3. The molecule has 6 aromatic carbocycles. The summed E-state index contributed by atoms with van der Waals surface area (Å²) in [5, 5.41) is 9.22. The molecule has 0 bridgehead atoms. The first-order valence-electron chi connectivity index (χ1n) is 14.4. The summed E-state index contributed by atoms with van der Waals surface area (Å²) >= 11 is 0. The predicted octanol–water partition coefficient (Wildman–Crippen LogP) is 9.60.